The molecule has 0 N–H and O–H groups in total. The Morgan fingerprint density at radius 2 is 1.03 bits per heavy atom. The highest BCUT2D eigenvalue weighted by atomic mass is 16.2. The molecule has 2 fully saturated rings. The van der Waals surface area contributed by atoms with Crippen LogP contribution in [0.2, 0.25) is 0 Å². The van der Waals surface area contributed by atoms with Crippen molar-refractivity contribution in [3.63, 3.8) is 0 Å². The van der Waals surface area contributed by atoms with E-state index in [9.17, 15) is 9.59 Å². The van der Waals surface area contributed by atoms with Gasteiger partial charge >= 0.3 is 0 Å². The Hall–Kier alpha value is -2.70. The van der Waals surface area contributed by atoms with Crippen LogP contribution in [0.3, 0.4) is 0 Å². The molecule has 0 saturated carbocycles. The highest BCUT2D eigenvalue weighted by molar-refractivity contribution is 5.84. The minimum Gasteiger partial charge on any atom is -0.331 e. The van der Waals surface area contributed by atoms with Gasteiger partial charge < -0.3 is 9.80 Å². The zero-order valence-corrected chi connectivity index (χ0v) is 17.1. The normalized spacial score (nSPS) is 27.5. The van der Waals surface area contributed by atoms with Gasteiger partial charge in [-0.1, -0.05) is 60.7 Å². The smallest absolute Gasteiger partial charge is 0.241 e. The molecule has 0 aromatic heterocycles. The second kappa shape index (κ2) is 8.35. The molecule has 2 aliphatic rings. The Balaban J connectivity index is 1.63. The summed E-state index contributed by atoms with van der Waals surface area (Å²) in [5, 5.41) is 0. The summed E-state index contributed by atoms with van der Waals surface area (Å²) >= 11 is 0. The highest BCUT2D eigenvalue weighted by Gasteiger charge is 2.42. The number of hydrogen-bond donors (Lipinski definition) is 0. The molecule has 0 spiro atoms. The lowest BCUT2D eigenvalue weighted by atomic mass is 10.0. The number of rotatable bonds is 4. The third-order valence-electron chi connectivity index (χ3n) is 5.90. The van der Waals surface area contributed by atoms with Crippen molar-refractivity contribution >= 4 is 11.8 Å². The number of carbonyl (C=O) groups excluding carboxylic acids is 2. The van der Waals surface area contributed by atoms with Crippen molar-refractivity contribution in [3.8, 4) is 0 Å². The summed E-state index contributed by atoms with van der Waals surface area (Å²) in [6.07, 6.45) is 1.28. The summed E-state index contributed by atoms with van der Waals surface area (Å²) in [7, 11) is 3.68. The fourth-order valence-corrected chi connectivity index (χ4v) is 4.33. The molecule has 152 valence electrons. The molecule has 2 heterocycles. The van der Waals surface area contributed by atoms with E-state index in [-0.39, 0.29) is 23.9 Å². The monoisotopic (exact) mass is 392 g/mol. The van der Waals surface area contributed by atoms with E-state index in [1.165, 1.54) is 0 Å². The Kier molecular flexibility index (Phi) is 5.65. The number of hydrogen-bond acceptors (Lipinski definition) is 4. The molecule has 29 heavy (non-hydrogen) atoms. The topological polar surface area (TPSA) is 47.1 Å². The number of carbonyl (C=O) groups is 2. The van der Waals surface area contributed by atoms with Crippen LogP contribution in [0.1, 0.15) is 11.1 Å². The first kappa shape index (κ1) is 19.6. The van der Waals surface area contributed by atoms with Crippen LogP contribution in [0.4, 0.5) is 0 Å². The van der Waals surface area contributed by atoms with Crippen molar-refractivity contribution in [3.05, 3.63) is 71.8 Å². The van der Waals surface area contributed by atoms with Gasteiger partial charge in [-0.25, -0.2) is 0 Å². The quantitative estimate of drug-likeness (QED) is 0.794. The Morgan fingerprint density at radius 3 is 1.41 bits per heavy atom. The average molecular weight is 393 g/mol. The molecule has 2 aromatic rings. The molecule has 0 radical (unpaired) electrons. The summed E-state index contributed by atoms with van der Waals surface area (Å²) in [6, 6.07) is 19.6. The van der Waals surface area contributed by atoms with Gasteiger partial charge in [0.2, 0.25) is 11.8 Å². The number of amides is 2. The van der Waals surface area contributed by atoms with Crippen molar-refractivity contribution in [2.75, 3.05) is 34.1 Å². The van der Waals surface area contributed by atoms with Gasteiger partial charge in [-0.05, 0) is 24.0 Å². The van der Waals surface area contributed by atoms with Gasteiger partial charge in [0.05, 0.1) is 32.1 Å². The van der Waals surface area contributed by atoms with Gasteiger partial charge in [-0.15, -0.1) is 0 Å². The van der Waals surface area contributed by atoms with Crippen molar-refractivity contribution in [1.82, 2.24) is 19.6 Å². The number of fused-ring (bicyclic) bond motifs is 2. The molecule has 2 amide bonds. The summed E-state index contributed by atoms with van der Waals surface area (Å²) in [6.45, 7) is 1.51. The van der Waals surface area contributed by atoms with Crippen molar-refractivity contribution < 1.29 is 9.59 Å². The van der Waals surface area contributed by atoms with Crippen LogP contribution in [0.25, 0.3) is 0 Å². The first-order valence-electron chi connectivity index (χ1n) is 10.1. The molecule has 2 bridgehead atoms. The lowest BCUT2D eigenvalue weighted by Crippen LogP contribution is -2.51. The predicted molar refractivity (Wildman–Crippen MR) is 112 cm³/mol. The van der Waals surface area contributed by atoms with E-state index in [1.807, 2.05) is 50.5 Å². The molecular formula is C23H28N4O2. The molecule has 4 atom stereocenters. The van der Waals surface area contributed by atoms with Crippen molar-refractivity contribution in [2.45, 2.75) is 24.9 Å². The molecule has 6 heteroatoms. The molecule has 4 rings (SSSR count). The molecule has 2 aliphatic heterocycles. The first-order chi connectivity index (χ1) is 14.0. The minimum absolute atomic E-state index is 0.109. The number of benzene rings is 2. The van der Waals surface area contributed by atoms with E-state index < -0.39 is 0 Å². The SMILES string of the molecule is CN1CN2CN(CN(C)C(=O)[C@@H]2Cc2ccccc2)[C@@H](Cc2ccccc2)C1=O. The van der Waals surface area contributed by atoms with Crippen molar-refractivity contribution in [1.29, 1.82) is 0 Å². The van der Waals surface area contributed by atoms with Gasteiger partial charge in [-0.2, -0.15) is 0 Å². The Morgan fingerprint density at radius 1 is 0.655 bits per heavy atom. The standard InChI is InChI=1S/C23H28N4O2/c1-24-15-26-17-27(20(22(24)28)13-18-9-5-3-6-10-18)16-25(2)23(29)21(26)14-19-11-7-4-8-12-19/h3-12,20-21H,13-17H2,1-2H3/t20-,21-/m0/s1. The van der Waals surface area contributed by atoms with Gasteiger partial charge in [0.15, 0.2) is 0 Å². The predicted octanol–water partition coefficient (Wildman–Crippen LogP) is 1.63. The van der Waals surface area contributed by atoms with Crippen LogP contribution in [-0.4, -0.2) is 77.6 Å². The van der Waals surface area contributed by atoms with Crippen LogP contribution in [0.15, 0.2) is 60.7 Å². The number of nitrogens with zero attached hydrogens (tertiary/aromatic N) is 4. The maximum absolute atomic E-state index is 13.2. The van der Waals surface area contributed by atoms with E-state index in [1.54, 1.807) is 9.80 Å². The van der Waals surface area contributed by atoms with Crippen molar-refractivity contribution in [2.24, 2.45) is 0 Å². The number of likely N-dealkylation sites (N-methyl/N-ethyl adjacent to an activating group) is 2. The maximum atomic E-state index is 13.2. The largest absolute Gasteiger partial charge is 0.331 e. The lowest BCUT2D eigenvalue weighted by molar-refractivity contribution is -0.141. The molecule has 2 aromatic carbocycles. The van der Waals surface area contributed by atoms with Gasteiger partial charge in [-0.3, -0.25) is 19.4 Å². The third-order valence-corrected chi connectivity index (χ3v) is 5.90. The Labute approximate surface area is 172 Å². The first-order valence-corrected chi connectivity index (χ1v) is 10.1. The summed E-state index contributed by atoms with van der Waals surface area (Å²) in [4.78, 5) is 34.2. The van der Waals surface area contributed by atoms with Crippen LogP contribution in [-0.2, 0) is 22.4 Å². The van der Waals surface area contributed by atoms with Crippen LogP contribution < -0.4 is 0 Å². The third kappa shape index (κ3) is 4.18. The average Bonchev–Trinajstić information content (AvgIpc) is 2.92. The zero-order valence-electron chi connectivity index (χ0n) is 17.1. The zero-order chi connectivity index (χ0) is 20.4. The summed E-state index contributed by atoms with van der Waals surface area (Å²) in [5.74, 6) is 0.218. The van der Waals surface area contributed by atoms with Gasteiger partial charge in [0.25, 0.3) is 0 Å². The lowest BCUT2D eigenvalue weighted by Gasteiger charge is -2.32. The maximum Gasteiger partial charge on any atom is 0.241 e. The van der Waals surface area contributed by atoms with E-state index in [0.717, 1.165) is 11.1 Å². The molecular weight excluding hydrogens is 364 g/mol. The van der Waals surface area contributed by atoms with Gasteiger partial charge in [0, 0.05) is 14.1 Å². The van der Waals surface area contributed by atoms with E-state index >= 15 is 0 Å². The second-order valence-electron chi connectivity index (χ2n) is 8.09. The highest BCUT2D eigenvalue weighted by Crippen LogP contribution is 2.23. The molecule has 2 saturated heterocycles. The summed E-state index contributed by atoms with van der Waals surface area (Å²) in [5.41, 5.74) is 2.26. The fraction of sp³-hybridized carbons (Fsp3) is 0.391. The van der Waals surface area contributed by atoms with Crippen LogP contribution in [0.5, 0.6) is 0 Å². The van der Waals surface area contributed by atoms with Gasteiger partial charge in [0.1, 0.15) is 0 Å². The summed E-state index contributed by atoms with van der Waals surface area (Å²) < 4.78 is 0. The Bertz CT molecular complexity index is 786. The molecule has 2 unspecified atom stereocenters. The van der Waals surface area contributed by atoms with E-state index in [4.69, 9.17) is 0 Å². The molecule has 6 nitrogen and oxygen atoms in total. The van der Waals surface area contributed by atoms with E-state index in [0.29, 0.717) is 32.8 Å². The van der Waals surface area contributed by atoms with Crippen LogP contribution in [0, 0.1) is 0 Å². The van der Waals surface area contributed by atoms with E-state index in [2.05, 4.69) is 34.1 Å². The molecule has 0 aliphatic carbocycles. The van der Waals surface area contributed by atoms with Crippen LogP contribution >= 0.6 is 0 Å². The minimum atomic E-state index is -0.280. The second-order valence-corrected chi connectivity index (χ2v) is 8.09. The fourth-order valence-electron chi connectivity index (χ4n) is 4.33.